The number of H-pyrrole nitrogens is 1. The van der Waals surface area contributed by atoms with Crippen molar-refractivity contribution in [2.45, 2.75) is 13.3 Å². The molecule has 2 aromatic carbocycles. The molecule has 3 rings (SSSR count). The highest BCUT2D eigenvalue weighted by molar-refractivity contribution is 6.31. The number of ether oxygens (including phenoxy) is 1. The first kappa shape index (κ1) is 19.2. The number of aromatic amines is 1. The fourth-order valence-corrected chi connectivity index (χ4v) is 3.25. The van der Waals surface area contributed by atoms with E-state index in [2.05, 4.69) is 4.98 Å². The maximum Gasteiger partial charge on any atom is 0.339 e. The number of nitrogens with one attached hydrogen (secondary N) is 1. The van der Waals surface area contributed by atoms with Gasteiger partial charge in [0.2, 0.25) is 0 Å². The lowest BCUT2D eigenvalue weighted by Gasteiger charge is -2.08. The minimum absolute atomic E-state index is 0.0500. The second-order valence-electron chi connectivity index (χ2n) is 6.08. The zero-order valence-corrected chi connectivity index (χ0v) is 16.3. The Balaban J connectivity index is 2.07. The molecule has 0 saturated heterocycles. The van der Waals surface area contributed by atoms with E-state index < -0.39 is 5.97 Å². The minimum Gasteiger partial charge on any atom is -0.465 e. The van der Waals surface area contributed by atoms with Gasteiger partial charge >= 0.3 is 5.97 Å². The van der Waals surface area contributed by atoms with E-state index in [1.165, 1.54) is 7.11 Å². The highest BCUT2D eigenvalue weighted by Crippen LogP contribution is 2.31. The number of hydrogen-bond donors (Lipinski definition) is 1. The molecule has 3 aromatic rings. The quantitative estimate of drug-likeness (QED) is 0.452. The van der Waals surface area contributed by atoms with Crippen molar-refractivity contribution in [2.24, 2.45) is 0 Å². The summed E-state index contributed by atoms with van der Waals surface area (Å²) in [6, 6.07) is 13.9. The molecule has 1 heterocycles. The van der Waals surface area contributed by atoms with E-state index in [9.17, 15) is 9.59 Å². The van der Waals surface area contributed by atoms with Crippen LogP contribution >= 0.6 is 23.2 Å². The molecule has 0 amide bonds. The standard InChI is InChI=1S/C21H17Cl2NO3/c1-12-19(21(26)27-2)17(11-18(25)13-3-7-15(22)8-4-13)20(24-12)14-5-9-16(23)10-6-14/h3-10,24H,11H2,1-2H3. The molecule has 1 aromatic heterocycles. The van der Waals surface area contributed by atoms with E-state index in [-0.39, 0.29) is 12.2 Å². The molecule has 0 spiro atoms. The van der Waals surface area contributed by atoms with Gasteiger partial charge in [0, 0.05) is 33.3 Å². The molecule has 0 unspecified atom stereocenters. The SMILES string of the molecule is COC(=O)c1c(C)[nH]c(-c2ccc(Cl)cc2)c1CC(=O)c1ccc(Cl)cc1. The molecule has 4 nitrogen and oxygen atoms in total. The Bertz CT molecular complexity index is 990. The summed E-state index contributed by atoms with van der Waals surface area (Å²) in [7, 11) is 1.32. The van der Waals surface area contributed by atoms with E-state index in [4.69, 9.17) is 27.9 Å². The molecule has 0 radical (unpaired) electrons. The molecule has 0 aliphatic heterocycles. The zero-order valence-electron chi connectivity index (χ0n) is 14.8. The number of methoxy groups -OCH3 is 1. The third-order valence-corrected chi connectivity index (χ3v) is 4.82. The fraction of sp³-hybridized carbons (Fsp3) is 0.143. The summed E-state index contributed by atoms with van der Waals surface area (Å²) in [5.41, 5.74) is 3.68. The average molecular weight is 402 g/mol. The van der Waals surface area contributed by atoms with Crippen molar-refractivity contribution in [3.05, 3.63) is 81.0 Å². The summed E-state index contributed by atoms with van der Waals surface area (Å²) in [5.74, 6) is -0.603. The van der Waals surface area contributed by atoms with Crippen LogP contribution in [0, 0.1) is 6.92 Å². The Kier molecular flexibility index (Phi) is 5.68. The Hall–Kier alpha value is -2.56. The largest absolute Gasteiger partial charge is 0.465 e. The monoisotopic (exact) mass is 401 g/mol. The van der Waals surface area contributed by atoms with Gasteiger partial charge in [0.05, 0.1) is 18.4 Å². The van der Waals surface area contributed by atoms with Crippen LogP contribution in [0.3, 0.4) is 0 Å². The normalized spacial score (nSPS) is 10.7. The van der Waals surface area contributed by atoms with Gasteiger partial charge in [-0.1, -0.05) is 35.3 Å². The number of hydrogen-bond acceptors (Lipinski definition) is 3. The number of aromatic nitrogens is 1. The van der Waals surface area contributed by atoms with Gasteiger partial charge < -0.3 is 9.72 Å². The number of halogens is 2. The van der Waals surface area contributed by atoms with E-state index in [1.807, 2.05) is 12.1 Å². The first-order chi connectivity index (χ1) is 12.9. The molecule has 0 aliphatic carbocycles. The Morgan fingerprint density at radius 1 is 0.963 bits per heavy atom. The molecule has 1 N–H and O–H groups in total. The number of esters is 1. The van der Waals surface area contributed by atoms with Crippen molar-refractivity contribution in [1.82, 2.24) is 4.98 Å². The van der Waals surface area contributed by atoms with Crippen molar-refractivity contribution in [3.63, 3.8) is 0 Å². The predicted molar refractivity (Wildman–Crippen MR) is 107 cm³/mol. The summed E-state index contributed by atoms with van der Waals surface area (Å²) >= 11 is 11.9. The number of aryl methyl sites for hydroxylation is 1. The first-order valence-electron chi connectivity index (χ1n) is 8.25. The van der Waals surface area contributed by atoms with Crippen molar-refractivity contribution >= 4 is 35.0 Å². The summed E-state index contributed by atoms with van der Waals surface area (Å²) in [4.78, 5) is 28.3. The van der Waals surface area contributed by atoms with Crippen molar-refractivity contribution < 1.29 is 14.3 Å². The number of carbonyl (C=O) groups is 2. The van der Waals surface area contributed by atoms with Crippen molar-refractivity contribution in [1.29, 1.82) is 0 Å². The summed E-state index contributed by atoms with van der Waals surface area (Å²) < 4.78 is 4.92. The third-order valence-electron chi connectivity index (χ3n) is 4.32. The molecule has 0 saturated carbocycles. The Morgan fingerprint density at radius 3 is 2.07 bits per heavy atom. The van der Waals surface area contributed by atoms with Gasteiger partial charge in [0.25, 0.3) is 0 Å². The fourth-order valence-electron chi connectivity index (χ4n) is 2.99. The number of carbonyl (C=O) groups excluding carboxylic acids is 2. The van der Waals surface area contributed by atoms with Crippen LogP contribution in [0.4, 0.5) is 0 Å². The minimum atomic E-state index is -0.483. The summed E-state index contributed by atoms with van der Waals surface area (Å²) in [5, 5.41) is 1.16. The van der Waals surface area contributed by atoms with Gasteiger partial charge in [0.15, 0.2) is 5.78 Å². The van der Waals surface area contributed by atoms with Crippen LogP contribution < -0.4 is 0 Å². The number of benzene rings is 2. The van der Waals surface area contributed by atoms with E-state index in [0.29, 0.717) is 38.1 Å². The number of rotatable bonds is 5. The Morgan fingerprint density at radius 2 is 1.52 bits per heavy atom. The van der Waals surface area contributed by atoms with Crippen LogP contribution in [0.25, 0.3) is 11.3 Å². The van der Waals surface area contributed by atoms with E-state index >= 15 is 0 Å². The molecule has 6 heteroatoms. The Labute approximate surface area is 167 Å². The van der Waals surface area contributed by atoms with Crippen LogP contribution in [0.5, 0.6) is 0 Å². The molecule has 0 bridgehead atoms. The highest BCUT2D eigenvalue weighted by atomic mass is 35.5. The molecule has 0 fully saturated rings. The third kappa shape index (κ3) is 4.07. The molecule has 0 aliphatic rings. The average Bonchev–Trinajstić information content (AvgIpc) is 2.98. The molecule has 27 heavy (non-hydrogen) atoms. The molecular weight excluding hydrogens is 385 g/mol. The van der Waals surface area contributed by atoms with Gasteiger partial charge in [-0.3, -0.25) is 4.79 Å². The van der Waals surface area contributed by atoms with Crippen LogP contribution in [-0.4, -0.2) is 23.8 Å². The van der Waals surface area contributed by atoms with Gasteiger partial charge in [-0.05, 0) is 48.9 Å². The van der Waals surface area contributed by atoms with Gasteiger partial charge in [-0.2, -0.15) is 0 Å². The molecule has 0 atom stereocenters. The van der Waals surface area contributed by atoms with Crippen molar-refractivity contribution in [3.8, 4) is 11.3 Å². The topological polar surface area (TPSA) is 59.2 Å². The van der Waals surface area contributed by atoms with Crippen LogP contribution in [0.2, 0.25) is 10.0 Å². The van der Waals surface area contributed by atoms with Crippen LogP contribution in [-0.2, 0) is 11.2 Å². The van der Waals surface area contributed by atoms with Crippen LogP contribution in [0.15, 0.2) is 48.5 Å². The van der Waals surface area contributed by atoms with E-state index in [0.717, 1.165) is 5.56 Å². The maximum atomic E-state index is 12.8. The first-order valence-corrected chi connectivity index (χ1v) is 9.00. The predicted octanol–water partition coefficient (Wildman–Crippen LogP) is 5.51. The lowest BCUT2D eigenvalue weighted by Crippen LogP contribution is -2.10. The summed E-state index contributed by atoms with van der Waals surface area (Å²) in [6.45, 7) is 1.78. The molecule has 138 valence electrons. The van der Waals surface area contributed by atoms with Gasteiger partial charge in [0.1, 0.15) is 0 Å². The lowest BCUT2D eigenvalue weighted by atomic mass is 9.96. The maximum absolute atomic E-state index is 12.8. The molecular formula is C21H17Cl2NO3. The second-order valence-corrected chi connectivity index (χ2v) is 6.96. The lowest BCUT2D eigenvalue weighted by molar-refractivity contribution is 0.0599. The van der Waals surface area contributed by atoms with Gasteiger partial charge in [-0.15, -0.1) is 0 Å². The van der Waals surface area contributed by atoms with E-state index in [1.54, 1.807) is 43.3 Å². The van der Waals surface area contributed by atoms with Gasteiger partial charge in [-0.25, -0.2) is 4.79 Å². The highest BCUT2D eigenvalue weighted by Gasteiger charge is 2.24. The zero-order chi connectivity index (χ0) is 19.6. The summed E-state index contributed by atoms with van der Waals surface area (Å²) in [6.07, 6.45) is 0.0500. The van der Waals surface area contributed by atoms with Crippen molar-refractivity contribution in [2.75, 3.05) is 7.11 Å². The number of Topliss-reactive ketones (excluding diaryl/α,β-unsaturated/α-hetero) is 1. The number of ketones is 1. The smallest absolute Gasteiger partial charge is 0.339 e. The van der Waals surface area contributed by atoms with Crippen LogP contribution in [0.1, 0.15) is 32.0 Å². The second kappa shape index (κ2) is 7.99.